The number of nitrogens with zero attached hydrogens (tertiary/aromatic N) is 2. The zero-order valence-electron chi connectivity index (χ0n) is 7.90. The smallest absolute Gasteiger partial charge is 0.318 e. The van der Waals surface area contributed by atoms with Gasteiger partial charge in [-0.3, -0.25) is 0 Å². The van der Waals surface area contributed by atoms with Gasteiger partial charge >= 0.3 is 6.01 Å². The Bertz CT molecular complexity index is 345. The first kappa shape index (κ1) is 9.18. The molecule has 1 aromatic heterocycles. The first-order valence-corrected chi connectivity index (χ1v) is 4.57. The number of nitrogens with two attached hydrogens (primary N) is 1. The maximum absolute atomic E-state index is 12.7. The molecule has 0 saturated heterocycles. The summed E-state index contributed by atoms with van der Waals surface area (Å²) in [5.41, 5.74) is 5.26. The monoisotopic (exact) mass is 197 g/mol. The quantitative estimate of drug-likeness (QED) is 0.791. The third kappa shape index (κ3) is 1.92. The average molecular weight is 197 g/mol. The molecule has 4 nitrogen and oxygen atoms in total. The molecule has 1 aromatic rings. The number of hydrogen-bond acceptors (Lipinski definition) is 4. The predicted molar refractivity (Wildman–Crippen MR) is 49.2 cm³/mol. The lowest BCUT2D eigenvalue weighted by atomic mass is 10.4. The van der Waals surface area contributed by atoms with Gasteiger partial charge in [-0.15, -0.1) is 0 Å². The highest BCUT2D eigenvalue weighted by atomic mass is 19.1. The summed E-state index contributed by atoms with van der Waals surface area (Å²) >= 11 is 0. The molecule has 2 unspecified atom stereocenters. The summed E-state index contributed by atoms with van der Waals surface area (Å²) in [5, 5.41) is 0. The van der Waals surface area contributed by atoms with E-state index in [1.807, 2.05) is 0 Å². The fourth-order valence-electron chi connectivity index (χ4n) is 1.25. The van der Waals surface area contributed by atoms with Crippen LogP contribution in [0.25, 0.3) is 0 Å². The molecule has 76 valence electrons. The van der Waals surface area contributed by atoms with E-state index in [4.69, 9.17) is 10.5 Å². The van der Waals surface area contributed by atoms with Crippen LogP contribution in [0, 0.1) is 17.7 Å². The Balaban J connectivity index is 1.92. The summed E-state index contributed by atoms with van der Waals surface area (Å²) in [4.78, 5) is 7.34. The lowest BCUT2D eigenvalue weighted by molar-refractivity contribution is 0.270. The Morgan fingerprint density at radius 3 is 3.00 bits per heavy atom. The average Bonchev–Trinajstić information content (AvgIpc) is 2.85. The Labute approximate surface area is 81.3 Å². The van der Waals surface area contributed by atoms with E-state index in [2.05, 4.69) is 16.9 Å². The standard InChI is InChI=1S/C9H12FN3O/c1-5-2-6(5)4-14-9-12-3-7(10)8(11)13-9/h3,5-6H,2,4H2,1H3,(H2,11,12,13). The molecule has 5 heteroatoms. The molecule has 0 aromatic carbocycles. The van der Waals surface area contributed by atoms with Gasteiger partial charge in [-0.05, 0) is 18.3 Å². The zero-order chi connectivity index (χ0) is 10.1. The summed E-state index contributed by atoms with van der Waals surface area (Å²) in [7, 11) is 0. The fourth-order valence-corrected chi connectivity index (χ4v) is 1.25. The van der Waals surface area contributed by atoms with Crippen LogP contribution in [0.1, 0.15) is 13.3 Å². The SMILES string of the molecule is CC1CC1COc1ncc(F)c(N)n1. The number of halogens is 1. The van der Waals surface area contributed by atoms with Crippen LogP contribution in [0.15, 0.2) is 6.20 Å². The number of hydrogen-bond donors (Lipinski definition) is 1. The molecule has 0 radical (unpaired) electrons. The number of ether oxygens (including phenoxy) is 1. The van der Waals surface area contributed by atoms with Crippen LogP contribution in [-0.2, 0) is 0 Å². The molecule has 0 amide bonds. The highest BCUT2D eigenvalue weighted by molar-refractivity contribution is 5.29. The van der Waals surface area contributed by atoms with Crippen molar-refractivity contribution in [3.63, 3.8) is 0 Å². The molecule has 1 aliphatic rings. The lowest BCUT2D eigenvalue weighted by Gasteiger charge is -2.03. The van der Waals surface area contributed by atoms with Gasteiger partial charge in [0.1, 0.15) is 0 Å². The number of anilines is 1. The molecule has 1 saturated carbocycles. The van der Waals surface area contributed by atoms with E-state index in [1.54, 1.807) is 0 Å². The summed E-state index contributed by atoms with van der Waals surface area (Å²) in [6.45, 7) is 2.75. The molecule has 14 heavy (non-hydrogen) atoms. The van der Waals surface area contributed by atoms with E-state index >= 15 is 0 Å². The van der Waals surface area contributed by atoms with Crippen LogP contribution < -0.4 is 10.5 Å². The zero-order valence-corrected chi connectivity index (χ0v) is 7.90. The highest BCUT2D eigenvalue weighted by Gasteiger charge is 2.33. The van der Waals surface area contributed by atoms with E-state index < -0.39 is 5.82 Å². The van der Waals surface area contributed by atoms with E-state index in [9.17, 15) is 4.39 Å². The molecule has 2 N–H and O–H groups in total. The van der Waals surface area contributed by atoms with Crippen LogP contribution in [0.4, 0.5) is 10.2 Å². The van der Waals surface area contributed by atoms with Gasteiger partial charge in [0.2, 0.25) is 0 Å². The van der Waals surface area contributed by atoms with E-state index in [0.717, 1.165) is 6.20 Å². The Morgan fingerprint density at radius 1 is 1.71 bits per heavy atom. The molecular weight excluding hydrogens is 185 g/mol. The molecule has 1 heterocycles. The van der Waals surface area contributed by atoms with Crippen LogP contribution in [-0.4, -0.2) is 16.6 Å². The maximum atomic E-state index is 12.7. The minimum absolute atomic E-state index is 0.156. The minimum Gasteiger partial charge on any atom is -0.463 e. The summed E-state index contributed by atoms with van der Waals surface area (Å²) < 4.78 is 17.9. The van der Waals surface area contributed by atoms with Crippen LogP contribution in [0.3, 0.4) is 0 Å². The van der Waals surface area contributed by atoms with Gasteiger partial charge in [0, 0.05) is 0 Å². The Morgan fingerprint density at radius 2 is 2.43 bits per heavy atom. The van der Waals surface area contributed by atoms with Gasteiger partial charge in [0.15, 0.2) is 11.6 Å². The molecule has 2 atom stereocenters. The molecule has 1 aliphatic carbocycles. The summed E-state index contributed by atoms with van der Waals surface area (Å²) in [6, 6.07) is 0.156. The fraction of sp³-hybridized carbons (Fsp3) is 0.556. The number of nitrogen functional groups attached to an aromatic ring is 1. The van der Waals surface area contributed by atoms with Gasteiger partial charge in [0.05, 0.1) is 12.8 Å². The van der Waals surface area contributed by atoms with Crippen molar-refractivity contribution in [3.8, 4) is 6.01 Å². The molecule has 1 fully saturated rings. The second-order valence-corrected chi connectivity index (χ2v) is 3.67. The van der Waals surface area contributed by atoms with Crippen LogP contribution >= 0.6 is 0 Å². The topological polar surface area (TPSA) is 61.0 Å². The van der Waals surface area contributed by atoms with E-state index in [-0.39, 0.29) is 11.8 Å². The second-order valence-electron chi connectivity index (χ2n) is 3.67. The maximum Gasteiger partial charge on any atom is 0.318 e. The normalized spacial score (nSPS) is 24.7. The summed E-state index contributed by atoms with van der Waals surface area (Å²) in [5.74, 6) is 0.522. The lowest BCUT2D eigenvalue weighted by Crippen LogP contribution is -2.06. The second kappa shape index (κ2) is 3.40. The molecule has 0 spiro atoms. The number of aromatic nitrogens is 2. The minimum atomic E-state index is -0.614. The van der Waals surface area contributed by atoms with Crippen molar-refractivity contribution in [2.24, 2.45) is 11.8 Å². The molecule has 0 aliphatic heterocycles. The van der Waals surface area contributed by atoms with Gasteiger partial charge in [0.25, 0.3) is 0 Å². The van der Waals surface area contributed by atoms with Crippen molar-refractivity contribution in [1.29, 1.82) is 0 Å². The van der Waals surface area contributed by atoms with Crippen molar-refractivity contribution >= 4 is 5.82 Å². The first-order valence-electron chi connectivity index (χ1n) is 4.57. The van der Waals surface area contributed by atoms with Gasteiger partial charge in [-0.25, -0.2) is 9.37 Å². The molecule has 0 bridgehead atoms. The van der Waals surface area contributed by atoms with Crippen molar-refractivity contribution < 1.29 is 9.13 Å². The van der Waals surface area contributed by atoms with Crippen LogP contribution in [0.2, 0.25) is 0 Å². The largest absolute Gasteiger partial charge is 0.463 e. The Hall–Kier alpha value is -1.39. The third-order valence-corrected chi connectivity index (χ3v) is 2.45. The summed E-state index contributed by atoms with van der Waals surface area (Å²) in [6.07, 6.45) is 2.20. The van der Waals surface area contributed by atoms with Crippen molar-refractivity contribution in [1.82, 2.24) is 9.97 Å². The van der Waals surface area contributed by atoms with Gasteiger partial charge in [-0.1, -0.05) is 6.92 Å². The van der Waals surface area contributed by atoms with Crippen molar-refractivity contribution in [3.05, 3.63) is 12.0 Å². The number of rotatable bonds is 3. The van der Waals surface area contributed by atoms with Crippen molar-refractivity contribution in [2.75, 3.05) is 12.3 Å². The first-order chi connectivity index (χ1) is 6.66. The third-order valence-electron chi connectivity index (χ3n) is 2.45. The van der Waals surface area contributed by atoms with E-state index in [0.29, 0.717) is 18.4 Å². The van der Waals surface area contributed by atoms with Gasteiger partial charge in [-0.2, -0.15) is 4.98 Å². The molecular formula is C9H12FN3O. The predicted octanol–water partition coefficient (Wildman–Crippen LogP) is 1.23. The highest BCUT2D eigenvalue weighted by Crippen LogP contribution is 2.37. The molecule has 2 rings (SSSR count). The Kier molecular flexibility index (Phi) is 2.23. The van der Waals surface area contributed by atoms with Gasteiger partial charge < -0.3 is 10.5 Å². The van der Waals surface area contributed by atoms with Crippen molar-refractivity contribution in [2.45, 2.75) is 13.3 Å². The van der Waals surface area contributed by atoms with E-state index in [1.165, 1.54) is 6.42 Å². The van der Waals surface area contributed by atoms with Crippen LogP contribution in [0.5, 0.6) is 6.01 Å².